The van der Waals surface area contributed by atoms with E-state index in [-0.39, 0.29) is 0 Å². The van der Waals surface area contributed by atoms with Crippen molar-refractivity contribution < 1.29 is 43.2 Å². The van der Waals surface area contributed by atoms with E-state index < -0.39 is 53.3 Å². The van der Waals surface area contributed by atoms with Gasteiger partial charge in [0.1, 0.15) is 5.66 Å². The highest BCUT2D eigenvalue weighted by Crippen LogP contribution is 2.41. The van der Waals surface area contributed by atoms with Gasteiger partial charge in [0.25, 0.3) is 0 Å². The molecule has 0 radical (unpaired) electrons. The molecule has 1 N–H and O–H groups in total. The number of alkyl halides is 6. The van der Waals surface area contributed by atoms with Crippen LogP contribution in [0.1, 0.15) is 26.7 Å². The Morgan fingerprint density at radius 2 is 1.14 bits per heavy atom. The Balaban J connectivity index is 6.80. The summed E-state index contributed by atoms with van der Waals surface area (Å²) in [5, 5.41) is 0. The lowest BCUT2D eigenvalue weighted by Crippen LogP contribution is -2.64. The zero-order valence-corrected chi connectivity index (χ0v) is 14.2. The molecule has 0 aromatic carbocycles. The summed E-state index contributed by atoms with van der Waals surface area (Å²) < 4.78 is 122. The van der Waals surface area contributed by atoms with Gasteiger partial charge >= 0.3 is 31.1 Å². The average Bonchev–Trinajstić information content (AvgIpc) is 2.32. The Labute approximate surface area is 131 Å². The number of nitrogens with one attached hydrogen (secondary N) is 1. The van der Waals surface area contributed by atoms with E-state index in [0.717, 1.165) is 13.8 Å². The standard InChI is InChI=1S/C7H11BrF6N2O4S2/c1-3-5(4-2,15-8)16(21(17,18)6(9,10)11)22(19,20)7(12,13)14/h15H,3-4H2,1-2H3. The summed E-state index contributed by atoms with van der Waals surface area (Å²) in [4.78, 5) is 0. The van der Waals surface area contributed by atoms with E-state index >= 15 is 0 Å². The summed E-state index contributed by atoms with van der Waals surface area (Å²) in [6.07, 6.45) is -1.42. The van der Waals surface area contributed by atoms with Crippen LogP contribution in [0.25, 0.3) is 0 Å². The van der Waals surface area contributed by atoms with Gasteiger partial charge in [0.15, 0.2) is 0 Å². The van der Waals surface area contributed by atoms with Crippen LogP contribution in [0.4, 0.5) is 26.3 Å². The van der Waals surface area contributed by atoms with E-state index in [0.29, 0.717) is 0 Å². The smallest absolute Gasteiger partial charge is 0.234 e. The van der Waals surface area contributed by atoms with E-state index in [9.17, 15) is 43.2 Å². The maximum atomic E-state index is 12.6. The van der Waals surface area contributed by atoms with Crippen molar-refractivity contribution in [1.29, 1.82) is 0 Å². The minimum Gasteiger partial charge on any atom is -0.234 e. The molecule has 15 heteroatoms. The first-order chi connectivity index (χ1) is 9.55. The van der Waals surface area contributed by atoms with Crippen LogP contribution >= 0.6 is 16.1 Å². The molecule has 0 amide bonds. The van der Waals surface area contributed by atoms with Gasteiger partial charge in [0.2, 0.25) is 0 Å². The molecule has 0 fully saturated rings. The Bertz CT molecular complexity index is 543. The molecule has 0 saturated heterocycles. The first-order valence-corrected chi connectivity index (χ1v) is 9.03. The molecular formula is C7H11BrF6N2O4S2. The van der Waals surface area contributed by atoms with Crippen LogP contribution in [0.5, 0.6) is 0 Å². The van der Waals surface area contributed by atoms with Crippen LogP contribution in [0.3, 0.4) is 0 Å². The molecule has 0 spiro atoms. The fraction of sp³-hybridized carbons (Fsp3) is 1.00. The molecule has 0 aliphatic carbocycles. The second-order valence-electron chi connectivity index (χ2n) is 3.93. The highest BCUT2D eigenvalue weighted by Gasteiger charge is 2.66. The van der Waals surface area contributed by atoms with Gasteiger partial charge in [-0.1, -0.05) is 17.6 Å². The Kier molecular flexibility index (Phi) is 6.38. The van der Waals surface area contributed by atoms with Gasteiger partial charge in [-0.05, 0) is 12.8 Å². The van der Waals surface area contributed by atoms with Gasteiger partial charge in [0, 0.05) is 16.1 Å². The van der Waals surface area contributed by atoms with Crippen LogP contribution in [0.15, 0.2) is 0 Å². The first-order valence-electron chi connectivity index (χ1n) is 5.36. The van der Waals surface area contributed by atoms with Crippen molar-refractivity contribution in [2.24, 2.45) is 0 Å². The molecule has 0 saturated carbocycles. The number of hydrogen-bond acceptors (Lipinski definition) is 5. The highest BCUT2D eigenvalue weighted by molar-refractivity contribution is 9.08. The molecular weight excluding hydrogens is 434 g/mol. The van der Waals surface area contributed by atoms with Gasteiger partial charge in [-0.3, -0.25) is 0 Å². The van der Waals surface area contributed by atoms with E-state index in [1.807, 2.05) is 0 Å². The second kappa shape index (κ2) is 6.41. The summed E-state index contributed by atoms with van der Waals surface area (Å²) in [5.74, 6) is 0. The Hall–Kier alpha value is -0.120. The third kappa shape index (κ3) is 3.52. The minimum atomic E-state index is -6.84. The lowest BCUT2D eigenvalue weighted by Gasteiger charge is -2.39. The maximum absolute atomic E-state index is 12.6. The van der Waals surface area contributed by atoms with Crippen molar-refractivity contribution >= 4 is 36.2 Å². The van der Waals surface area contributed by atoms with E-state index in [4.69, 9.17) is 0 Å². The summed E-state index contributed by atoms with van der Waals surface area (Å²) in [6.45, 7) is 2.03. The van der Waals surface area contributed by atoms with Crippen molar-refractivity contribution in [1.82, 2.24) is 8.05 Å². The highest BCUT2D eigenvalue weighted by atomic mass is 79.9. The van der Waals surface area contributed by atoms with Crippen LogP contribution < -0.4 is 4.34 Å². The largest absolute Gasteiger partial charge is 0.512 e. The van der Waals surface area contributed by atoms with Crippen molar-refractivity contribution in [3.05, 3.63) is 0 Å². The monoisotopic (exact) mass is 444 g/mol. The Morgan fingerprint density at radius 1 is 0.864 bits per heavy atom. The third-order valence-electron chi connectivity index (χ3n) is 2.72. The zero-order valence-electron chi connectivity index (χ0n) is 11.0. The van der Waals surface area contributed by atoms with Crippen molar-refractivity contribution in [2.45, 2.75) is 43.4 Å². The second-order valence-corrected chi connectivity index (χ2v) is 8.12. The van der Waals surface area contributed by atoms with Gasteiger partial charge in [-0.2, -0.15) is 26.3 Å². The first kappa shape index (κ1) is 21.9. The lowest BCUT2D eigenvalue weighted by atomic mass is 10.1. The fourth-order valence-corrected chi connectivity index (χ4v) is 5.87. The molecule has 0 heterocycles. The number of nitrogens with zero attached hydrogens (tertiary/aromatic N) is 1. The topological polar surface area (TPSA) is 83.6 Å². The molecule has 22 heavy (non-hydrogen) atoms. The molecule has 0 rings (SSSR count). The van der Waals surface area contributed by atoms with Crippen molar-refractivity contribution in [2.75, 3.05) is 0 Å². The normalized spacial score (nSPS) is 15.4. The summed E-state index contributed by atoms with van der Waals surface area (Å²) >= 11 is 2.36. The summed E-state index contributed by atoms with van der Waals surface area (Å²) in [7, 11) is -13.7. The van der Waals surface area contributed by atoms with Crippen molar-refractivity contribution in [3.63, 3.8) is 0 Å². The van der Waals surface area contributed by atoms with E-state index in [1.165, 1.54) is 0 Å². The molecule has 0 aliphatic heterocycles. The third-order valence-corrected chi connectivity index (χ3v) is 7.37. The molecule has 0 atom stereocenters. The van der Waals surface area contributed by atoms with Crippen LogP contribution in [0.2, 0.25) is 0 Å². The van der Waals surface area contributed by atoms with Gasteiger partial charge in [0.05, 0.1) is 0 Å². The van der Waals surface area contributed by atoms with Gasteiger partial charge in [-0.15, -0.1) is 0 Å². The zero-order chi connectivity index (χ0) is 18.2. The van der Waals surface area contributed by atoms with Crippen LogP contribution in [-0.2, 0) is 20.0 Å². The summed E-state index contributed by atoms with van der Waals surface area (Å²) in [6, 6.07) is 0. The average molecular weight is 445 g/mol. The molecule has 0 aliphatic rings. The van der Waals surface area contributed by atoms with Crippen LogP contribution in [-0.4, -0.2) is 37.2 Å². The van der Waals surface area contributed by atoms with Crippen molar-refractivity contribution in [3.8, 4) is 0 Å². The molecule has 0 aromatic rings. The number of halogens is 7. The molecule has 0 aromatic heterocycles. The lowest BCUT2D eigenvalue weighted by molar-refractivity contribution is -0.0577. The molecule has 0 unspecified atom stereocenters. The predicted octanol–water partition coefficient (Wildman–Crippen LogP) is 2.40. The van der Waals surface area contributed by atoms with E-state index in [1.54, 1.807) is 4.34 Å². The predicted molar refractivity (Wildman–Crippen MR) is 67.2 cm³/mol. The van der Waals surface area contributed by atoms with Crippen LogP contribution in [0, 0.1) is 0 Å². The number of rotatable bonds is 6. The molecule has 6 nitrogen and oxygen atoms in total. The Morgan fingerprint density at radius 3 is 1.27 bits per heavy atom. The minimum absolute atomic E-state index is 0.709. The SMILES string of the molecule is CCC(CC)(NBr)N(S(=O)(=O)C(F)(F)F)S(=O)(=O)C(F)(F)F. The van der Waals surface area contributed by atoms with Gasteiger partial charge < -0.3 is 0 Å². The number of hydrogen-bond donors (Lipinski definition) is 1. The quantitative estimate of drug-likeness (QED) is 0.386. The van der Waals surface area contributed by atoms with E-state index in [2.05, 4.69) is 16.1 Å². The summed E-state index contributed by atoms with van der Waals surface area (Å²) in [5.41, 5.74) is -15.2. The molecule has 0 bridgehead atoms. The number of sulfonamides is 2. The molecule has 134 valence electrons. The van der Waals surface area contributed by atoms with Gasteiger partial charge in [-0.25, -0.2) is 21.2 Å². The fourth-order valence-electron chi connectivity index (χ4n) is 1.45. The maximum Gasteiger partial charge on any atom is 0.512 e.